The monoisotopic (exact) mass is 496 g/mol. The average Bonchev–Trinajstić information content (AvgIpc) is 3.32. The lowest BCUT2D eigenvalue weighted by molar-refractivity contribution is -0.123. The molecule has 2 saturated carbocycles. The molecule has 3 fully saturated rings. The van der Waals surface area contributed by atoms with Crippen molar-refractivity contribution in [1.82, 2.24) is 15.4 Å². The number of ether oxygens (including phenoxy) is 1. The number of rotatable bonds is 8. The summed E-state index contributed by atoms with van der Waals surface area (Å²) in [4.78, 5) is 17.6. The number of hydrogen-bond donors (Lipinski definition) is 1. The summed E-state index contributed by atoms with van der Waals surface area (Å²) in [5.74, 6) is 2.60. The predicted octanol–water partition coefficient (Wildman–Crippen LogP) is 4.92. The minimum Gasteiger partial charge on any atom is -0.381 e. The molecule has 2 aromatic rings. The summed E-state index contributed by atoms with van der Waals surface area (Å²) >= 11 is 0. The van der Waals surface area contributed by atoms with E-state index < -0.39 is 0 Å². The average molecular weight is 497 g/mol. The molecule has 1 aromatic carbocycles. The molecule has 3 aliphatic rings. The van der Waals surface area contributed by atoms with Gasteiger partial charge in [0.15, 0.2) is 11.4 Å². The number of nitrogens with one attached hydrogen (secondary N) is 1. The lowest BCUT2D eigenvalue weighted by atomic mass is 9.83. The SMILES string of the molecule is CO[C@H]1CC[C@H](CC(=O)N[C@H]2CC[C@H](CCN3CCN(c4noc5cc(C)ccc45)CC3)CC2)CC1. The van der Waals surface area contributed by atoms with E-state index in [1.54, 1.807) is 7.11 Å². The second-order valence-corrected chi connectivity index (χ2v) is 11.5. The molecule has 1 amide bonds. The van der Waals surface area contributed by atoms with Gasteiger partial charge < -0.3 is 19.5 Å². The van der Waals surface area contributed by atoms with Gasteiger partial charge in [-0.2, -0.15) is 0 Å². The van der Waals surface area contributed by atoms with Gasteiger partial charge in [0, 0.05) is 45.8 Å². The number of carbonyl (C=O) groups excluding carboxylic acids is 1. The van der Waals surface area contributed by atoms with Gasteiger partial charge in [0.1, 0.15) is 0 Å². The lowest BCUT2D eigenvalue weighted by Crippen LogP contribution is -2.47. The van der Waals surface area contributed by atoms with Gasteiger partial charge in [0.25, 0.3) is 0 Å². The van der Waals surface area contributed by atoms with Crippen LogP contribution in [0.2, 0.25) is 0 Å². The molecule has 0 radical (unpaired) electrons. The Morgan fingerprint density at radius 3 is 2.47 bits per heavy atom. The van der Waals surface area contributed by atoms with Crippen molar-refractivity contribution in [3.05, 3.63) is 23.8 Å². The maximum absolute atomic E-state index is 12.6. The van der Waals surface area contributed by atoms with E-state index >= 15 is 0 Å². The first-order chi connectivity index (χ1) is 17.6. The molecule has 7 heteroatoms. The van der Waals surface area contributed by atoms with Crippen molar-refractivity contribution in [2.75, 3.05) is 44.7 Å². The zero-order valence-corrected chi connectivity index (χ0v) is 22.2. The van der Waals surface area contributed by atoms with Crippen molar-refractivity contribution in [3.8, 4) is 0 Å². The molecule has 198 valence electrons. The minimum absolute atomic E-state index is 0.271. The van der Waals surface area contributed by atoms with E-state index in [9.17, 15) is 4.79 Å². The first-order valence-corrected chi connectivity index (χ1v) is 14.2. The number of amides is 1. The summed E-state index contributed by atoms with van der Waals surface area (Å²) in [5.41, 5.74) is 2.08. The molecule has 1 N–H and O–H groups in total. The molecular weight excluding hydrogens is 452 g/mol. The largest absolute Gasteiger partial charge is 0.381 e. The van der Waals surface area contributed by atoms with Gasteiger partial charge in [-0.15, -0.1) is 0 Å². The van der Waals surface area contributed by atoms with E-state index in [0.717, 1.165) is 87.4 Å². The molecule has 0 bridgehead atoms. The van der Waals surface area contributed by atoms with Gasteiger partial charge >= 0.3 is 0 Å². The number of piperazine rings is 1. The van der Waals surface area contributed by atoms with Crippen LogP contribution in [-0.2, 0) is 9.53 Å². The van der Waals surface area contributed by atoms with Gasteiger partial charge in [-0.1, -0.05) is 11.2 Å². The van der Waals surface area contributed by atoms with Crippen molar-refractivity contribution in [2.24, 2.45) is 11.8 Å². The Labute approximate surface area is 215 Å². The van der Waals surface area contributed by atoms with Gasteiger partial charge in [-0.3, -0.25) is 9.69 Å². The molecule has 0 unspecified atom stereocenters. The Kier molecular flexibility index (Phi) is 8.47. The minimum atomic E-state index is 0.271. The number of aryl methyl sites for hydroxylation is 1. The van der Waals surface area contributed by atoms with Crippen LogP contribution in [0.5, 0.6) is 0 Å². The number of carbonyl (C=O) groups is 1. The van der Waals surface area contributed by atoms with Crippen molar-refractivity contribution < 1.29 is 14.1 Å². The van der Waals surface area contributed by atoms with Gasteiger partial charge in [0.05, 0.1) is 11.5 Å². The Hall–Kier alpha value is -2.12. The molecule has 0 atom stereocenters. The van der Waals surface area contributed by atoms with Crippen molar-refractivity contribution in [1.29, 1.82) is 0 Å². The topological polar surface area (TPSA) is 70.8 Å². The number of methoxy groups -OCH3 is 1. The van der Waals surface area contributed by atoms with Gasteiger partial charge in [0.2, 0.25) is 5.91 Å². The summed E-state index contributed by atoms with van der Waals surface area (Å²) in [5, 5.41) is 8.84. The molecule has 36 heavy (non-hydrogen) atoms. The Balaban J connectivity index is 0.973. The highest BCUT2D eigenvalue weighted by Crippen LogP contribution is 2.31. The normalized spacial score (nSPS) is 27.9. The van der Waals surface area contributed by atoms with Crippen LogP contribution in [0.25, 0.3) is 11.0 Å². The Morgan fingerprint density at radius 1 is 1.03 bits per heavy atom. The zero-order chi connectivity index (χ0) is 24.9. The molecule has 1 aliphatic heterocycles. The smallest absolute Gasteiger partial charge is 0.220 e. The number of nitrogens with zero attached hydrogens (tertiary/aromatic N) is 3. The fraction of sp³-hybridized carbons (Fsp3) is 0.724. The molecule has 0 spiro atoms. The maximum atomic E-state index is 12.6. The predicted molar refractivity (Wildman–Crippen MR) is 143 cm³/mol. The molecule has 1 saturated heterocycles. The number of benzene rings is 1. The molecule has 5 rings (SSSR count). The van der Waals surface area contributed by atoms with Gasteiger partial charge in [-0.05, 0) is 101 Å². The molecule has 1 aromatic heterocycles. The van der Waals surface area contributed by atoms with Crippen molar-refractivity contribution in [2.45, 2.75) is 83.3 Å². The summed E-state index contributed by atoms with van der Waals surface area (Å²) in [6.45, 7) is 7.43. The summed E-state index contributed by atoms with van der Waals surface area (Å²) in [6.07, 6.45) is 11.6. The molecular formula is C29H44N4O3. The maximum Gasteiger partial charge on any atom is 0.220 e. The van der Waals surface area contributed by atoms with E-state index in [1.807, 2.05) is 0 Å². The van der Waals surface area contributed by atoms with Crippen LogP contribution in [0.4, 0.5) is 5.82 Å². The van der Waals surface area contributed by atoms with Gasteiger partial charge in [-0.25, -0.2) is 0 Å². The highest BCUT2D eigenvalue weighted by Gasteiger charge is 2.27. The fourth-order valence-corrected chi connectivity index (χ4v) is 6.52. The van der Waals surface area contributed by atoms with Crippen LogP contribution in [-0.4, -0.2) is 67.9 Å². The quantitative estimate of drug-likeness (QED) is 0.559. The van der Waals surface area contributed by atoms with Crippen LogP contribution in [0.3, 0.4) is 0 Å². The van der Waals surface area contributed by atoms with E-state index in [1.165, 1.54) is 31.4 Å². The number of hydrogen-bond acceptors (Lipinski definition) is 6. The third-order valence-corrected chi connectivity index (χ3v) is 8.95. The standard InChI is InChI=1S/C29H44N4O3/c1-21-3-12-26-27(19-21)36-31-29(26)33-17-15-32(16-18-33)14-13-22-4-8-24(9-5-22)30-28(34)20-23-6-10-25(35-2)11-7-23/h3,12,19,22-25H,4-11,13-18,20H2,1-2H3,(H,30,34)/t22-,23-,24-,25-. The second-order valence-electron chi connectivity index (χ2n) is 11.5. The molecule has 2 heterocycles. The van der Waals surface area contributed by atoms with E-state index in [0.29, 0.717) is 24.5 Å². The van der Waals surface area contributed by atoms with E-state index in [2.05, 4.69) is 45.4 Å². The third kappa shape index (κ3) is 6.41. The first kappa shape index (κ1) is 25.5. The van der Waals surface area contributed by atoms with Crippen LogP contribution in [0.1, 0.15) is 69.8 Å². The number of anilines is 1. The highest BCUT2D eigenvalue weighted by atomic mass is 16.5. The van der Waals surface area contributed by atoms with Crippen molar-refractivity contribution >= 4 is 22.7 Å². The summed E-state index contributed by atoms with van der Waals surface area (Å²) < 4.78 is 11.0. The highest BCUT2D eigenvalue weighted by molar-refractivity contribution is 5.89. The summed E-state index contributed by atoms with van der Waals surface area (Å²) in [6, 6.07) is 6.71. The first-order valence-electron chi connectivity index (χ1n) is 14.2. The van der Waals surface area contributed by atoms with Crippen LogP contribution < -0.4 is 10.2 Å². The third-order valence-electron chi connectivity index (χ3n) is 8.95. The van der Waals surface area contributed by atoms with Crippen LogP contribution in [0, 0.1) is 18.8 Å². The molecule has 2 aliphatic carbocycles. The molecule has 7 nitrogen and oxygen atoms in total. The van der Waals surface area contributed by atoms with E-state index in [4.69, 9.17) is 9.26 Å². The lowest BCUT2D eigenvalue weighted by Gasteiger charge is -2.36. The van der Waals surface area contributed by atoms with Crippen LogP contribution in [0.15, 0.2) is 22.7 Å². The Morgan fingerprint density at radius 2 is 1.75 bits per heavy atom. The Bertz CT molecular complexity index is 984. The number of fused-ring (bicyclic) bond motifs is 1. The zero-order valence-electron chi connectivity index (χ0n) is 22.2. The summed E-state index contributed by atoms with van der Waals surface area (Å²) in [7, 11) is 1.80. The van der Waals surface area contributed by atoms with Crippen molar-refractivity contribution in [3.63, 3.8) is 0 Å². The number of aromatic nitrogens is 1. The van der Waals surface area contributed by atoms with E-state index in [-0.39, 0.29) is 5.91 Å². The second kappa shape index (κ2) is 12.0. The van der Waals surface area contributed by atoms with Crippen LogP contribution >= 0.6 is 0 Å². The fourth-order valence-electron chi connectivity index (χ4n) is 6.52.